The highest BCUT2D eigenvalue weighted by Gasteiger charge is 2.31. The molecular weight excluding hydrogens is 410 g/mol. The molecule has 0 aromatic heterocycles. The Morgan fingerprint density at radius 1 is 1.24 bits per heavy atom. The van der Waals surface area contributed by atoms with Crippen molar-refractivity contribution in [2.75, 3.05) is 13.7 Å². The number of thiocarbonyl (C=S) groups is 1. The summed E-state index contributed by atoms with van der Waals surface area (Å²) in [6.45, 7) is 1.87. The summed E-state index contributed by atoms with van der Waals surface area (Å²) in [6, 6.07) is 13.3. The molecular formula is C21H18NO5S2-. The normalized spacial score (nSPS) is 15.1. The number of aryl methyl sites for hydroxylation is 1. The minimum atomic E-state index is -1.36. The summed E-state index contributed by atoms with van der Waals surface area (Å²) in [5.74, 6) is -0.711. The van der Waals surface area contributed by atoms with Crippen LogP contribution in [0.15, 0.2) is 47.4 Å². The Labute approximate surface area is 178 Å². The summed E-state index contributed by atoms with van der Waals surface area (Å²) in [5.41, 5.74) is 2.93. The molecule has 0 saturated carbocycles. The fourth-order valence-corrected chi connectivity index (χ4v) is 3.99. The van der Waals surface area contributed by atoms with Gasteiger partial charge in [0, 0.05) is 0 Å². The van der Waals surface area contributed by atoms with Gasteiger partial charge in [0.25, 0.3) is 5.91 Å². The van der Waals surface area contributed by atoms with Gasteiger partial charge in [-0.05, 0) is 41.8 Å². The lowest BCUT2D eigenvalue weighted by Gasteiger charge is -2.14. The summed E-state index contributed by atoms with van der Waals surface area (Å²) in [5, 5.41) is 10.8. The maximum absolute atomic E-state index is 12.4. The number of carboxylic acids is 1. The van der Waals surface area contributed by atoms with Gasteiger partial charge in [0.05, 0.1) is 24.5 Å². The lowest BCUT2D eigenvalue weighted by molar-refractivity contribution is -0.305. The van der Waals surface area contributed by atoms with E-state index in [1.807, 2.05) is 31.2 Å². The Hall–Kier alpha value is -2.84. The number of carbonyl (C=O) groups excluding carboxylic acids is 2. The number of nitrogens with zero attached hydrogens (tertiary/aromatic N) is 1. The molecule has 8 heteroatoms. The molecule has 1 fully saturated rings. The van der Waals surface area contributed by atoms with Gasteiger partial charge in [0.1, 0.15) is 10.9 Å². The van der Waals surface area contributed by atoms with E-state index in [-0.39, 0.29) is 4.32 Å². The van der Waals surface area contributed by atoms with E-state index < -0.39 is 18.4 Å². The number of methoxy groups -OCH3 is 1. The summed E-state index contributed by atoms with van der Waals surface area (Å²) >= 11 is 6.13. The molecule has 0 spiro atoms. The maximum Gasteiger partial charge on any atom is 0.266 e. The van der Waals surface area contributed by atoms with E-state index in [1.165, 1.54) is 0 Å². The molecule has 1 amide bonds. The molecule has 0 atom stereocenters. The van der Waals surface area contributed by atoms with Crippen molar-refractivity contribution in [1.29, 1.82) is 0 Å². The summed E-state index contributed by atoms with van der Waals surface area (Å²) in [7, 11) is 1.54. The topological polar surface area (TPSA) is 78.9 Å². The van der Waals surface area contributed by atoms with E-state index in [1.54, 1.807) is 31.4 Å². The molecule has 0 aliphatic carbocycles. The molecule has 29 heavy (non-hydrogen) atoms. The van der Waals surface area contributed by atoms with Crippen LogP contribution in [0.1, 0.15) is 16.7 Å². The molecule has 1 saturated heterocycles. The van der Waals surface area contributed by atoms with E-state index in [4.69, 9.17) is 21.7 Å². The Morgan fingerprint density at radius 3 is 2.69 bits per heavy atom. The Balaban J connectivity index is 1.77. The third kappa shape index (κ3) is 4.96. The second kappa shape index (κ2) is 9.11. The predicted molar refractivity (Wildman–Crippen MR) is 113 cm³/mol. The molecule has 0 unspecified atom stereocenters. The molecule has 1 heterocycles. The van der Waals surface area contributed by atoms with Crippen LogP contribution in [-0.2, 0) is 16.2 Å². The zero-order chi connectivity index (χ0) is 21.0. The van der Waals surface area contributed by atoms with Crippen molar-refractivity contribution in [2.24, 2.45) is 0 Å². The number of thioether (sulfide) groups is 1. The van der Waals surface area contributed by atoms with Gasteiger partial charge < -0.3 is 19.4 Å². The van der Waals surface area contributed by atoms with Gasteiger partial charge in [-0.1, -0.05) is 54.3 Å². The van der Waals surface area contributed by atoms with Gasteiger partial charge in [-0.15, -0.1) is 0 Å². The first-order valence-corrected chi connectivity index (χ1v) is 9.92. The zero-order valence-corrected chi connectivity index (χ0v) is 17.5. The van der Waals surface area contributed by atoms with Crippen molar-refractivity contribution in [1.82, 2.24) is 4.90 Å². The largest absolute Gasteiger partial charge is 0.548 e. The summed E-state index contributed by atoms with van der Waals surface area (Å²) in [4.78, 5) is 24.5. The van der Waals surface area contributed by atoms with E-state index in [2.05, 4.69) is 0 Å². The number of carboxylic acid groups (broad SMARTS) is 1. The van der Waals surface area contributed by atoms with Gasteiger partial charge in [-0.25, -0.2) is 0 Å². The van der Waals surface area contributed by atoms with Gasteiger partial charge in [0.15, 0.2) is 11.5 Å². The molecule has 0 radical (unpaired) electrons. The Morgan fingerprint density at radius 2 is 2.00 bits per heavy atom. The van der Waals surface area contributed by atoms with Crippen LogP contribution in [0.5, 0.6) is 11.5 Å². The molecule has 3 rings (SSSR count). The highest BCUT2D eigenvalue weighted by Crippen LogP contribution is 2.34. The maximum atomic E-state index is 12.4. The lowest BCUT2D eigenvalue weighted by Crippen LogP contribution is -2.40. The van der Waals surface area contributed by atoms with Crippen LogP contribution in [0.25, 0.3) is 6.08 Å². The average molecular weight is 429 g/mol. The van der Waals surface area contributed by atoms with E-state index >= 15 is 0 Å². The van der Waals surface area contributed by atoms with Crippen LogP contribution in [0.2, 0.25) is 0 Å². The minimum absolute atomic E-state index is 0.190. The van der Waals surface area contributed by atoms with Crippen molar-refractivity contribution >= 4 is 46.3 Å². The highest BCUT2D eigenvalue weighted by molar-refractivity contribution is 8.26. The number of amides is 1. The van der Waals surface area contributed by atoms with Gasteiger partial charge in [-0.2, -0.15) is 0 Å². The third-order valence-corrected chi connectivity index (χ3v) is 5.67. The van der Waals surface area contributed by atoms with Crippen LogP contribution in [0.4, 0.5) is 0 Å². The number of aliphatic carboxylic acids is 1. The SMILES string of the molecule is COc1cc(C=C2SC(=S)N(CC(=O)[O-])C2=O)ccc1OCc1ccccc1C. The Bertz CT molecular complexity index is 1000. The minimum Gasteiger partial charge on any atom is -0.548 e. The predicted octanol–water partition coefficient (Wildman–Crippen LogP) is 2.53. The van der Waals surface area contributed by atoms with Gasteiger partial charge in [0.2, 0.25) is 0 Å². The first-order valence-electron chi connectivity index (χ1n) is 8.69. The number of rotatable bonds is 7. The average Bonchev–Trinajstić information content (AvgIpc) is 2.95. The second-order valence-corrected chi connectivity index (χ2v) is 7.94. The van der Waals surface area contributed by atoms with Crippen molar-refractivity contribution in [3.05, 3.63) is 64.1 Å². The fourth-order valence-electron chi connectivity index (χ4n) is 2.74. The number of benzene rings is 2. The molecule has 6 nitrogen and oxygen atoms in total. The number of ether oxygens (including phenoxy) is 2. The Kier molecular flexibility index (Phi) is 6.56. The molecule has 150 valence electrons. The number of hydrogen-bond donors (Lipinski definition) is 0. The van der Waals surface area contributed by atoms with E-state index in [9.17, 15) is 14.7 Å². The van der Waals surface area contributed by atoms with Crippen molar-refractivity contribution < 1.29 is 24.2 Å². The molecule has 0 bridgehead atoms. The van der Waals surface area contributed by atoms with Crippen molar-refractivity contribution in [3.8, 4) is 11.5 Å². The first-order chi connectivity index (χ1) is 13.9. The van der Waals surface area contributed by atoms with Crippen molar-refractivity contribution in [2.45, 2.75) is 13.5 Å². The van der Waals surface area contributed by atoms with Gasteiger partial charge in [-0.3, -0.25) is 9.69 Å². The smallest absolute Gasteiger partial charge is 0.266 e. The van der Waals surface area contributed by atoms with Crippen molar-refractivity contribution in [3.63, 3.8) is 0 Å². The van der Waals surface area contributed by atoms with Crippen LogP contribution in [0, 0.1) is 6.92 Å². The zero-order valence-electron chi connectivity index (χ0n) is 15.8. The van der Waals surface area contributed by atoms with Crippen LogP contribution >= 0.6 is 24.0 Å². The second-order valence-electron chi connectivity index (χ2n) is 6.27. The van der Waals surface area contributed by atoms with Crippen LogP contribution < -0.4 is 14.6 Å². The lowest BCUT2D eigenvalue weighted by atomic mass is 10.1. The van der Waals surface area contributed by atoms with E-state index in [0.717, 1.165) is 27.8 Å². The summed E-state index contributed by atoms with van der Waals surface area (Å²) in [6.07, 6.45) is 1.64. The first kappa shape index (κ1) is 20.9. The van der Waals surface area contributed by atoms with E-state index in [0.29, 0.717) is 28.6 Å². The highest BCUT2D eigenvalue weighted by atomic mass is 32.2. The van der Waals surface area contributed by atoms with Crippen LogP contribution in [0.3, 0.4) is 0 Å². The standard InChI is InChI=1S/C21H19NO5S2/c1-13-5-3-4-6-15(13)12-27-16-8-7-14(9-17(16)26-2)10-18-20(25)22(11-19(23)24)21(28)29-18/h3-10H,11-12H2,1-2H3,(H,23,24)/p-1. The quantitative estimate of drug-likeness (QED) is 0.495. The molecule has 1 aliphatic rings. The number of carbonyl (C=O) groups is 2. The summed E-state index contributed by atoms with van der Waals surface area (Å²) < 4.78 is 11.5. The number of hydrogen-bond acceptors (Lipinski definition) is 7. The fraction of sp³-hybridized carbons (Fsp3) is 0.190. The molecule has 2 aromatic carbocycles. The monoisotopic (exact) mass is 428 g/mol. The van der Waals surface area contributed by atoms with Crippen LogP contribution in [-0.4, -0.2) is 34.8 Å². The van der Waals surface area contributed by atoms with Gasteiger partial charge >= 0.3 is 0 Å². The third-order valence-electron chi connectivity index (χ3n) is 4.29. The molecule has 1 aliphatic heterocycles. The molecule has 0 N–H and O–H groups in total. The molecule has 2 aromatic rings.